The van der Waals surface area contributed by atoms with E-state index >= 15 is 0 Å². The number of rotatable bonds is 9. The van der Waals surface area contributed by atoms with Crippen molar-refractivity contribution in [1.29, 1.82) is 0 Å². The van der Waals surface area contributed by atoms with Crippen molar-refractivity contribution in [2.75, 3.05) is 26.8 Å². The second-order valence-electron chi connectivity index (χ2n) is 9.22. The topological polar surface area (TPSA) is 30.9 Å². The Labute approximate surface area is 155 Å². The summed E-state index contributed by atoms with van der Waals surface area (Å²) in [6, 6.07) is 0. The van der Waals surface area contributed by atoms with E-state index in [1.54, 1.807) is 7.11 Å². The van der Waals surface area contributed by atoms with Gasteiger partial charge in [0.15, 0.2) is 5.79 Å². The summed E-state index contributed by atoms with van der Waals surface area (Å²) in [5, 5.41) is 2.03. The summed E-state index contributed by atoms with van der Waals surface area (Å²) < 4.78 is 12.6. The van der Waals surface area contributed by atoms with Gasteiger partial charge in [0, 0.05) is 25.9 Å². The molecule has 1 unspecified atom stereocenters. The van der Waals surface area contributed by atoms with Gasteiger partial charge in [0.25, 0.3) is 0 Å². The fourth-order valence-electron chi connectivity index (χ4n) is 4.91. The zero-order chi connectivity index (χ0) is 18.5. The van der Waals surface area contributed by atoms with Gasteiger partial charge in [-0.1, -0.05) is 34.6 Å². The second kappa shape index (κ2) is 9.16. The van der Waals surface area contributed by atoms with Crippen LogP contribution in [0.5, 0.6) is 0 Å². The fraction of sp³-hybridized carbons (Fsp3) is 1.00. The lowest BCUT2D eigenvalue weighted by atomic mass is 9.66. The van der Waals surface area contributed by atoms with Crippen molar-refractivity contribution in [3.63, 3.8) is 0 Å². The summed E-state index contributed by atoms with van der Waals surface area (Å²) in [5.74, 6) is 1.26. The minimum Gasteiger partial charge on any atom is -0.347 e. The minimum absolute atomic E-state index is 0.217. The third-order valence-corrected chi connectivity index (χ3v) is 6.13. The minimum atomic E-state index is -0.294. The average molecular weight is 356 g/mol. The molecule has 0 N–H and O–H groups in total. The molecule has 2 fully saturated rings. The van der Waals surface area contributed by atoms with Crippen molar-refractivity contribution in [2.24, 2.45) is 17.3 Å². The van der Waals surface area contributed by atoms with Gasteiger partial charge in [-0.05, 0) is 49.4 Å². The van der Waals surface area contributed by atoms with E-state index in [0.717, 1.165) is 57.2 Å². The van der Waals surface area contributed by atoms with Crippen LogP contribution in [0.1, 0.15) is 79.6 Å². The van der Waals surface area contributed by atoms with Crippen molar-refractivity contribution < 1.29 is 14.3 Å². The fourth-order valence-corrected chi connectivity index (χ4v) is 4.91. The quantitative estimate of drug-likeness (QED) is 0.543. The molecule has 0 aromatic rings. The van der Waals surface area contributed by atoms with Gasteiger partial charge < -0.3 is 14.3 Å². The third kappa shape index (κ3) is 5.92. The highest BCUT2D eigenvalue weighted by molar-refractivity contribution is 4.90. The van der Waals surface area contributed by atoms with Crippen molar-refractivity contribution in [3.8, 4) is 0 Å². The van der Waals surface area contributed by atoms with Crippen LogP contribution < -0.4 is 0 Å². The molecule has 1 heterocycles. The van der Waals surface area contributed by atoms with E-state index in [0.29, 0.717) is 5.41 Å². The highest BCUT2D eigenvalue weighted by Gasteiger charge is 2.46. The van der Waals surface area contributed by atoms with Crippen molar-refractivity contribution in [1.82, 2.24) is 5.06 Å². The molecule has 0 bridgehead atoms. The molecular weight excluding hydrogens is 314 g/mol. The Morgan fingerprint density at radius 1 is 1.20 bits per heavy atom. The maximum absolute atomic E-state index is 6.40. The van der Waals surface area contributed by atoms with Gasteiger partial charge in [-0.25, -0.2) is 0 Å². The van der Waals surface area contributed by atoms with E-state index in [9.17, 15) is 0 Å². The number of ether oxygens (including phenoxy) is 2. The Kier molecular flexibility index (Phi) is 7.75. The molecule has 148 valence electrons. The summed E-state index contributed by atoms with van der Waals surface area (Å²) in [7, 11) is 1.75. The van der Waals surface area contributed by atoms with Crippen molar-refractivity contribution in [3.05, 3.63) is 0 Å². The summed E-state index contributed by atoms with van der Waals surface area (Å²) in [5.41, 5.74) is 0.424. The van der Waals surface area contributed by atoms with E-state index in [1.165, 1.54) is 19.3 Å². The van der Waals surface area contributed by atoms with Gasteiger partial charge in [0.2, 0.25) is 0 Å². The molecule has 25 heavy (non-hydrogen) atoms. The largest absolute Gasteiger partial charge is 0.347 e. The van der Waals surface area contributed by atoms with Gasteiger partial charge in [0.05, 0.1) is 19.8 Å². The molecule has 4 nitrogen and oxygen atoms in total. The predicted molar refractivity (Wildman–Crippen MR) is 102 cm³/mol. The van der Waals surface area contributed by atoms with Gasteiger partial charge in [0.1, 0.15) is 0 Å². The second-order valence-corrected chi connectivity index (χ2v) is 9.22. The molecular formula is C21H41NO3. The molecule has 0 radical (unpaired) electrons. The molecule has 2 aliphatic rings. The number of nitrogens with zero attached hydrogens (tertiary/aromatic N) is 1. The maximum atomic E-state index is 6.40. The first-order valence-corrected chi connectivity index (χ1v) is 10.4. The molecule has 1 spiro atoms. The molecule has 1 saturated heterocycles. The van der Waals surface area contributed by atoms with Crippen molar-refractivity contribution >= 4 is 0 Å². The van der Waals surface area contributed by atoms with Crippen LogP contribution in [-0.2, 0) is 14.3 Å². The van der Waals surface area contributed by atoms with E-state index in [4.69, 9.17) is 14.3 Å². The summed E-state index contributed by atoms with van der Waals surface area (Å²) in [4.78, 5) is 5.41. The number of hydroxylamine groups is 2. The lowest BCUT2D eigenvalue weighted by Crippen LogP contribution is -2.40. The highest BCUT2D eigenvalue weighted by Crippen LogP contribution is 2.48. The molecule has 1 atom stereocenters. The molecule has 1 aliphatic carbocycles. The molecule has 1 saturated carbocycles. The lowest BCUT2D eigenvalue weighted by Gasteiger charge is -2.43. The molecule has 1 aliphatic heterocycles. The first kappa shape index (κ1) is 21.1. The lowest BCUT2D eigenvalue weighted by molar-refractivity contribution is -0.200. The standard InChI is InChI=1S/C21H41NO3/c1-7-13-22(23-6)14-10-19-16-24-21(25-19)11-8-18(9-12-21)20(4,5)15-17(2)3/h17-19H,7-16H2,1-6H3. The Balaban J connectivity index is 1.78. The van der Waals surface area contributed by atoms with Crippen LogP contribution in [0.2, 0.25) is 0 Å². The van der Waals surface area contributed by atoms with E-state index < -0.39 is 0 Å². The zero-order valence-corrected chi connectivity index (χ0v) is 17.5. The predicted octanol–water partition coefficient (Wildman–Crippen LogP) is 5.02. The highest BCUT2D eigenvalue weighted by atomic mass is 16.7. The average Bonchev–Trinajstić information content (AvgIpc) is 2.93. The first-order chi connectivity index (χ1) is 11.8. The smallest absolute Gasteiger partial charge is 0.168 e. The van der Waals surface area contributed by atoms with Gasteiger partial charge >= 0.3 is 0 Å². The van der Waals surface area contributed by atoms with Crippen LogP contribution in [0, 0.1) is 17.3 Å². The van der Waals surface area contributed by atoms with Crippen LogP contribution in [0.4, 0.5) is 0 Å². The Bertz CT molecular complexity index is 389. The number of hydrogen-bond donors (Lipinski definition) is 0. The normalized spacial score (nSPS) is 30.7. The van der Waals surface area contributed by atoms with E-state index in [1.807, 2.05) is 5.06 Å². The molecule has 0 aromatic heterocycles. The third-order valence-electron chi connectivity index (χ3n) is 6.13. The van der Waals surface area contributed by atoms with E-state index in [2.05, 4.69) is 34.6 Å². The Morgan fingerprint density at radius 3 is 2.44 bits per heavy atom. The summed E-state index contributed by atoms with van der Waals surface area (Å²) in [6.45, 7) is 14.4. The van der Waals surface area contributed by atoms with Gasteiger partial charge in [-0.15, -0.1) is 0 Å². The zero-order valence-electron chi connectivity index (χ0n) is 17.5. The van der Waals surface area contributed by atoms with Crippen LogP contribution in [0.25, 0.3) is 0 Å². The molecule has 2 rings (SSSR count). The van der Waals surface area contributed by atoms with Gasteiger partial charge in [-0.2, -0.15) is 5.06 Å². The maximum Gasteiger partial charge on any atom is 0.168 e. The van der Waals surface area contributed by atoms with Gasteiger partial charge in [-0.3, -0.25) is 0 Å². The Hall–Kier alpha value is -0.160. The van der Waals surface area contributed by atoms with Crippen LogP contribution in [0.15, 0.2) is 0 Å². The summed E-state index contributed by atoms with van der Waals surface area (Å²) in [6.07, 6.45) is 8.18. The number of hydrogen-bond acceptors (Lipinski definition) is 4. The Morgan fingerprint density at radius 2 is 1.88 bits per heavy atom. The molecule has 0 amide bonds. The van der Waals surface area contributed by atoms with Crippen LogP contribution >= 0.6 is 0 Å². The van der Waals surface area contributed by atoms with Crippen LogP contribution in [-0.4, -0.2) is 43.8 Å². The van der Waals surface area contributed by atoms with Crippen molar-refractivity contribution in [2.45, 2.75) is 91.5 Å². The van der Waals surface area contributed by atoms with Crippen LogP contribution in [0.3, 0.4) is 0 Å². The summed E-state index contributed by atoms with van der Waals surface area (Å²) >= 11 is 0. The van der Waals surface area contributed by atoms with E-state index in [-0.39, 0.29) is 11.9 Å². The monoisotopic (exact) mass is 355 g/mol. The SMILES string of the molecule is CCCN(CCC1COC2(CCC(C(C)(C)CC(C)C)CC2)O1)OC. The first-order valence-electron chi connectivity index (χ1n) is 10.4. The molecule has 4 heteroatoms. The molecule has 0 aromatic carbocycles.